The first kappa shape index (κ1) is 22.3. The number of nitrogens with zero attached hydrogens (tertiary/aromatic N) is 1. The van der Waals surface area contributed by atoms with Crippen LogP contribution in [0.4, 0.5) is 0 Å². The van der Waals surface area contributed by atoms with E-state index in [1.54, 1.807) is 32.0 Å². The number of esters is 1. The number of ether oxygens (including phenoxy) is 1. The summed E-state index contributed by atoms with van der Waals surface area (Å²) in [5.41, 5.74) is 0.225. The summed E-state index contributed by atoms with van der Waals surface area (Å²) in [7, 11) is 1.32. The van der Waals surface area contributed by atoms with Crippen LogP contribution in [-0.4, -0.2) is 28.4 Å². The normalized spacial score (nSPS) is 14.2. The van der Waals surface area contributed by atoms with Gasteiger partial charge in [-0.15, -0.1) is 6.42 Å². The number of ketones is 1. The zero-order valence-corrected chi connectivity index (χ0v) is 18.2. The van der Waals surface area contributed by atoms with Gasteiger partial charge < -0.3 is 4.74 Å². The van der Waals surface area contributed by atoms with E-state index in [-0.39, 0.29) is 36.1 Å². The first-order chi connectivity index (χ1) is 14.6. The molecule has 31 heavy (non-hydrogen) atoms. The molecule has 0 radical (unpaired) electrons. The predicted molar refractivity (Wildman–Crippen MR) is 116 cm³/mol. The fraction of sp³-hybridized carbons (Fsp3) is 0.417. The maximum Gasteiger partial charge on any atom is 0.328 e. The van der Waals surface area contributed by atoms with Gasteiger partial charge in [0.2, 0.25) is 5.78 Å². The SMILES string of the molecule is C#Cc1cc(C)cc(C(=O)c2c(C(C)C)c(=O)[nH]c(=O)n2CC2(CC(=O)OC)CC2)c1. The van der Waals surface area contributed by atoms with Gasteiger partial charge in [-0.2, -0.15) is 0 Å². The van der Waals surface area contributed by atoms with Crippen LogP contribution in [0.1, 0.15) is 71.8 Å². The molecule has 2 aromatic rings. The van der Waals surface area contributed by atoms with E-state index in [2.05, 4.69) is 10.9 Å². The van der Waals surface area contributed by atoms with Crippen molar-refractivity contribution < 1.29 is 14.3 Å². The molecule has 0 bridgehead atoms. The third-order valence-corrected chi connectivity index (χ3v) is 5.73. The van der Waals surface area contributed by atoms with Gasteiger partial charge in [0.15, 0.2) is 0 Å². The number of aromatic nitrogens is 2. The van der Waals surface area contributed by atoms with Gasteiger partial charge in [-0.25, -0.2) is 4.79 Å². The maximum absolute atomic E-state index is 13.6. The molecular formula is C24H26N2O5. The van der Waals surface area contributed by atoms with Crippen LogP contribution in [0.5, 0.6) is 0 Å². The molecule has 1 fully saturated rings. The number of methoxy groups -OCH3 is 1. The van der Waals surface area contributed by atoms with E-state index >= 15 is 0 Å². The Kier molecular flexibility index (Phi) is 6.03. The molecule has 0 atom stereocenters. The third-order valence-electron chi connectivity index (χ3n) is 5.73. The molecule has 0 amide bonds. The molecule has 0 spiro atoms. The van der Waals surface area contributed by atoms with Crippen molar-refractivity contribution >= 4 is 11.8 Å². The highest BCUT2D eigenvalue weighted by atomic mass is 16.5. The van der Waals surface area contributed by atoms with Crippen molar-refractivity contribution in [2.24, 2.45) is 5.41 Å². The zero-order valence-electron chi connectivity index (χ0n) is 18.2. The number of aromatic amines is 1. The van der Waals surface area contributed by atoms with Gasteiger partial charge in [-0.05, 0) is 54.9 Å². The Morgan fingerprint density at radius 1 is 1.26 bits per heavy atom. The first-order valence-corrected chi connectivity index (χ1v) is 10.2. The Balaban J connectivity index is 2.20. The van der Waals surface area contributed by atoms with Crippen LogP contribution in [0.15, 0.2) is 27.8 Å². The van der Waals surface area contributed by atoms with Crippen molar-refractivity contribution in [2.75, 3.05) is 7.11 Å². The Bertz CT molecular complexity index is 1210. The van der Waals surface area contributed by atoms with Crippen molar-refractivity contribution in [2.45, 2.75) is 52.5 Å². The van der Waals surface area contributed by atoms with Crippen LogP contribution < -0.4 is 11.2 Å². The van der Waals surface area contributed by atoms with Crippen molar-refractivity contribution in [1.82, 2.24) is 9.55 Å². The monoisotopic (exact) mass is 422 g/mol. The van der Waals surface area contributed by atoms with Gasteiger partial charge >= 0.3 is 11.7 Å². The summed E-state index contributed by atoms with van der Waals surface area (Å²) in [5, 5.41) is 0. The van der Waals surface area contributed by atoms with Gasteiger partial charge in [-0.3, -0.25) is 23.9 Å². The van der Waals surface area contributed by atoms with Gasteiger partial charge in [0.1, 0.15) is 5.69 Å². The minimum atomic E-state index is -0.668. The van der Waals surface area contributed by atoms with E-state index in [9.17, 15) is 19.2 Å². The number of H-pyrrole nitrogens is 1. The van der Waals surface area contributed by atoms with Crippen LogP contribution >= 0.6 is 0 Å². The fourth-order valence-corrected chi connectivity index (χ4v) is 3.93. The molecule has 7 nitrogen and oxygen atoms in total. The quantitative estimate of drug-likeness (QED) is 0.420. The molecule has 0 saturated heterocycles. The molecule has 0 aliphatic heterocycles. The Labute approximate surface area is 180 Å². The zero-order chi connectivity index (χ0) is 22.9. The van der Waals surface area contributed by atoms with Gasteiger partial charge in [0.25, 0.3) is 5.56 Å². The lowest BCUT2D eigenvalue weighted by atomic mass is 9.94. The maximum atomic E-state index is 13.6. The molecule has 1 N–H and O–H groups in total. The highest BCUT2D eigenvalue weighted by molar-refractivity contribution is 6.09. The number of hydrogen-bond acceptors (Lipinski definition) is 5. The molecule has 1 aliphatic rings. The number of carbonyl (C=O) groups excluding carboxylic acids is 2. The number of terminal acetylenes is 1. The number of carbonyl (C=O) groups is 2. The Morgan fingerprint density at radius 3 is 2.48 bits per heavy atom. The summed E-state index contributed by atoms with van der Waals surface area (Å²) in [6.07, 6.45) is 7.12. The van der Waals surface area contributed by atoms with E-state index in [0.29, 0.717) is 11.1 Å². The predicted octanol–water partition coefficient (Wildman–Crippen LogP) is 2.52. The van der Waals surface area contributed by atoms with Crippen LogP contribution in [0.3, 0.4) is 0 Å². The average Bonchev–Trinajstić information content (AvgIpc) is 3.47. The third kappa shape index (κ3) is 4.53. The van der Waals surface area contributed by atoms with Crippen LogP contribution in [0, 0.1) is 24.7 Å². The van der Waals surface area contributed by atoms with Gasteiger partial charge in [-0.1, -0.05) is 19.8 Å². The fourth-order valence-electron chi connectivity index (χ4n) is 3.93. The van der Waals surface area contributed by atoms with Crippen LogP contribution in [0.25, 0.3) is 0 Å². The highest BCUT2D eigenvalue weighted by Gasteiger charge is 2.46. The molecule has 7 heteroatoms. The number of nitrogens with one attached hydrogen (secondary N) is 1. The lowest BCUT2D eigenvalue weighted by Crippen LogP contribution is -2.39. The second-order valence-corrected chi connectivity index (χ2v) is 8.58. The number of benzene rings is 1. The van der Waals surface area contributed by atoms with E-state index in [4.69, 9.17) is 11.2 Å². The molecule has 0 unspecified atom stereocenters. The summed E-state index contributed by atoms with van der Waals surface area (Å²) in [5.74, 6) is 1.41. The molecule has 1 aromatic carbocycles. The van der Waals surface area contributed by atoms with Crippen LogP contribution in [0.2, 0.25) is 0 Å². The average molecular weight is 422 g/mol. The number of aryl methyl sites for hydroxylation is 1. The molecule has 3 rings (SSSR count). The standard InChI is InChI=1S/C24H26N2O5/c1-6-16-9-15(4)10-17(11-16)21(28)20-19(14(2)3)22(29)25-23(30)26(20)13-24(7-8-24)12-18(27)31-5/h1,9-11,14H,7-8,12-13H2,2-5H3,(H,25,29,30). The molecule has 1 aliphatic carbocycles. The summed E-state index contributed by atoms with van der Waals surface area (Å²) in [6, 6.07) is 5.04. The van der Waals surface area contributed by atoms with E-state index in [0.717, 1.165) is 18.4 Å². The van der Waals surface area contributed by atoms with E-state index < -0.39 is 22.4 Å². The van der Waals surface area contributed by atoms with Gasteiger partial charge in [0.05, 0.1) is 13.5 Å². The summed E-state index contributed by atoms with van der Waals surface area (Å²) in [4.78, 5) is 53.3. The van der Waals surface area contributed by atoms with Crippen molar-refractivity contribution in [3.05, 3.63) is 67.0 Å². The molecule has 1 heterocycles. The lowest BCUT2D eigenvalue weighted by Gasteiger charge is -2.21. The smallest absolute Gasteiger partial charge is 0.328 e. The van der Waals surface area contributed by atoms with Crippen molar-refractivity contribution in [3.8, 4) is 12.3 Å². The second kappa shape index (κ2) is 8.38. The van der Waals surface area contributed by atoms with E-state index in [1.807, 2.05) is 6.92 Å². The molecular weight excluding hydrogens is 396 g/mol. The van der Waals surface area contributed by atoms with Crippen molar-refractivity contribution in [1.29, 1.82) is 0 Å². The van der Waals surface area contributed by atoms with Gasteiger partial charge in [0, 0.05) is 23.2 Å². The first-order valence-electron chi connectivity index (χ1n) is 10.2. The molecule has 1 saturated carbocycles. The molecule has 1 aromatic heterocycles. The topological polar surface area (TPSA) is 98.2 Å². The summed E-state index contributed by atoms with van der Waals surface area (Å²) < 4.78 is 6.10. The van der Waals surface area contributed by atoms with Crippen molar-refractivity contribution in [3.63, 3.8) is 0 Å². The minimum absolute atomic E-state index is 0.0495. The minimum Gasteiger partial charge on any atom is -0.469 e. The Morgan fingerprint density at radius 2 is 1.94 bits per heavy atom. The van der Waals surface area contributed by atoms with Crippen LogP contribution in [-0.2, 0) is 16.1 Å². The highest BCUT2D eigenvalue weighted by Crippen LogP contribution is 2.50. The summed E-state index contributed by atoms with van der Waals surface area (Å²) in [6.45, 7) is 5.55. The number of hydrogen-bond donors (Lipinski definition) is 1. The molecule has 162 valence electrons. The lowest BCUT2D eigenvalue weighted by molar-refractivity contribution is -0.142. The van der Waals surface area contributed by atoms with E-state index in [1.165, 1.54) is 11.7 Å². The number of rotatable bonds is 7. The second-order valence-electron chi connectivity index (χ2n) is 8.58. The summed E-state index contributed by atoms with van der Waals surface area (Å²) >= 11 is 0. The largest absolute Gasteiger partial charge is 0.469 e. The Hall–Kier alpha value is -3.40.